The Morgan fingerprint density at radius 2 is 1.84 bits per heavy atom. The van der Waals surface area contributed by atoms with E-state index in [0.717, 1.165) is 5.56 Å². The first-order chi connectivity index (χ1) is 11.6. The number of nitrogens with zero attached hydrogens (tertiary/aromatic N) is 1. The van der Waals surface area contributed by atoms with E-state index in [0.29, 0.717) is 24.5 Å². The number of Topliss-reactive ketones (excluding diaryl/α,β-unsaturated/α-hetero) is 1. The van der Waals surface area contributed by atoms with Crippen LogP contribution in [-0.2, 0) is 10.2 Å². The number of carbonyl (C=O) groups is 1. The maximum Gasteiger partial charge on any atom is 0.178 e. The van der Waals surface area contributed by atoms with Crippen LogP contribution in [0.4, 0.5) is 0 Å². The molecule has 1 saturated heterocycles. The summed E-state index contributed by atoms with van der Waals surface area (Å²) in [6, 6.07) is 4.65. The molecule has 1 aromatic rings. The average molecular weight is 341 g/mol. The van der Waals surface area contributed by atoms with Gasteiger partial charge in [-0.25, -0.2) is 0 Å². The molecule has 130 valence electrons. The van der Waals surface area contributed by atoms with Crippen molar-refractivity contribution in [3.63, 3.8) is 0 Å². The highest BCUT2D eigenvalue weighted by molar-refractivity contribution is 6.39. The number of hydrogen-bond donors (Lipinski definition) is 2. The Morgan fingerprint density at radius 1 is 1.20 bits per heavy atom. The molecule has 0 amide bonds. The van der Waals surface area contributed by atoms with Crippen molar-refractivity contribution in [1.82, 2.24) is 4.90 Å². The van der Waals surface area contributed by atoms with Gasteiger partial charge in [-0.3, -0.25) is 9.69 Å². The number of likely N-dealkylation sites (tertiary alicyclic amines) is 1. The van der Waals surface area contributed by atoms with Crippen molar-refractivity contribution >= 4 is 21.5 Å². The largest absolute Gasteiger partial charge is 0.493 e. The molecule has 2 aliphatic rings. The number of benzene rings is 1. The second-order valence-corrected chi connectivity index (χ2v) is 7.11. The predicted octanol–water partition coefficient (Wildman–Crippen LogP) is -0.667. The van der Waals surface area contributed by atoms with Gasteiger partial charge in [0.05, 0.1) is 25.2 Å². The van der Waals surface area contributed by atoms with E-state index >= 15 is 0 Å². The number of ketones is 1. The maximum atomic E-state index is 12.4. The minimum Gasteiger partial charge on any atom is -0.493 e. The highest BCUT2D eigenvalue weighted by atomic mass is 16.5. The topological polar surface area (TPSA) is 79.2 Å². The molecule has 2 fully saturated rings. The Kier molecular flexibility index (Phi) is 4.21. The number of rotatable bonds is 3. The highest BCUT2D eigenvalue weighted by Crippen LogP contribution is 2.53. The van der Waals surface area contributed by atoms with Gasteiger partial charge in [0.25, 0.3) is 0 Å². The Hall–Kier alpha value is -1.50. The monoisotopic (exact) mass is 341 g/mol. The molecular weight excluding hydrogens is 320 g/mol. The second-order valence-electron chi connectivity index (χ2n) is 7.11. The average Bonchev–Trinajstić information content (AvgIpc) is 2.90. The zero-order valence-corrected chi connectivity index (χ0v) is 14.7. The fourth-order valence-electron chi connectivity index (χ4n) is 4.59. The van der Waals surface area contributed by atoms with E-state index in [2.05, 4.69) is 0 Å². The van der Waals surface area contributed by atoms with Crippen LogP contribution in [0.2, 0.25) is 0 Å². The maximum absolute atomic E-state index is 12.4. The molecule has 4 radical (unpaired) electrons. The Labute approximate surface area is 149 Å². The normalized spacial score (nSPS) is 38.4. The molecule has 1 aliphatic heterocycles. The SMILES string of the molecule is [B]C1(O)C[C@@]2(c3ccc(OC)c(OC)c3)CCN(C)C2C([B])(O)C1=O. The molecule has 0 spiro atoms. The van der Waals surface area contributed by atoms with Crippen LogP contribution in [0.15, 0.2) is 18.2 Å². The summed E-state index contributed by atoms with van der Waals surface area (Å²) in [6.45, 7) is 0.599. The van der Waals surface area contributed by atoms with Crippen LogP contribution < -0.4 is 9.47 Å². The number of likely N-dealkylation sites (N-methyl/N-ethyl adjacent to an activating group) is 1. The van der Waals surface area contributed by atoms with E-state index in [9.17, 15) is 15.0 Å². The van der Waals surface area contributed by atoms with Crippen LogP contribution in [0.5, 0.6) is 11.5 Å². The molecule has 4 atom stereocenters. The third kappa shape index (κ3) is 2.50. The van der Waals surface area contributed by atoms with Crippen molar-refractivity contribution in [3.05, 3.63) is 23.8 Å². The standard InChI is InChI=1S/C17H21B2NO5/c1-20-7-6-15(10-4-5-11(24-2)12(8-10)25-3)9-16(18,22)14(21)17(19,23)13(15)20/h4-5,8,13,22-23H,6-7,9H2,1-3H3/t13?,15-,16?,17?/m1/s1. The van der Waals surface area contributed by atoms with Gasteiger partial charge in [0.2, 0.25) is 0 Å². The van der Waals surface area contributed by atoms with Crippen LogP contribution in [0, 0.1) is 0 Å². The summed E-state index contributed by atoms with van der Waals surface area (Å²) >= 11 is 0. The van der Waals surface area contributed by atoms with Crippen LogP contribution in [0.1, 0.15) is 18.4 Å². The third-order valence-corrected chi connectivity index (χ3v) is 5.59. The lowest BCUT2D eigenvalue weighted by molar-refractivity contribution is -0.157. The summed E-state index contributed by atoms with van der Waals surface area (Å²) < 4.78 is 10.6. The van der Waals surface area contributed by atoms with Gasteiger partial charge in [0.15, 0.2) is 17.3 Å². The Morgan fingerprint density at radius 3 is 2.44 bits per heavy atom. The van der Waals surface area contributed by atoms with Gasteiger partial charge in [-0.15, -0.1) is 0 Å². The van der Waals surface area contributed by atoms with Gasteiger partial charge >= 0.3 is 0 Å². The van der Waals surface area contributed by atoms with Gasteiger partial charge < -0.3 is 19.7 Å². The van der Waals surface area contributed by atoms with Crippen molar-refractivity contribution in [2.45, 2.75) is 35.3 Å². The molecule has 1 aliphatic carbocycles. The molecule has 8 heteroatoms. The summed E-state index contributed by atoms with van der Waals surface area (Å²) in [7, 11) is 16.7. The summed E-state index contributed by atoms with van der Waals surface area (Å²) in [4.78, 5) is 14.3. The van der Waals surface area contributed by atoms with Gasteiger partial charge in [0.1, 0.15) is 15.7 Å². The summed E-state index contributed by atoms with van der Waals surface area (Å²) in [5, 5.41) is 21.2. The predicted molar refractivity (Wildman–Crippen MR) is 93.3 cm³/mol. The lowest BCUT2D eigenvalue weighted by atomic mass is 9.47. The first-order valence-electron chi connectivity index (χ1n) is 8.10. The van der Waals surface area contributed by atoms with Gasteiger partial charge in [0, 0.05) is 11.5 Å². The molecule has 3 unspecified atom stereocenters. The van der Waals surface area contributed by atoms with Crippen molar-refractivity contribution in [2.75, 3.05) is 27.8 Å². The van der Waals surface area contributed by atoms with E-state index in [1.54, 1.807) is 26.3 Å². The van der Waals surface area contributed by atoms with E-state index in [1.807, 2.05) is 11.0 Å². The van der Waals surface area contributed by atoms with E-state index in [4.69, 9.17) is 25.2 Å². The smallest absolute Gasteiger partial charge is 0.178 e. The lowest BCUT2D eigenvalue weighted by Gasteiger charge is -2.54. The van der Waals surface area contributed by atoms with Gasteiger partial charge in [-0.05, 0) is 44.1 Å². The minimum absolute atomic E-state index is 0.0389. The molecule has 0 aromatic heterocycles. The Bertz CT molecular complexity index is 708. The molecule has 3 rings (SSSR count). The fraction of sp³-hybridized carbons (Fsp3) is 0.588. The number of hydrogen-bond acceptors (Lipinski definition) is 6. The van der Waals surface area contributed by atoms with Crippen molar-refractivity contribution < 1.29 is 24.5 Å². The second kappa shape index (κ2) is 5.76. The quantitative estimate of drug-likeness (QED) is 0.711. The molecule has 0 bridgehead atoms. The van der Waals surface area contributed by atoms with Crippen LogP contribution in [-0.4, -0.2) is 81.4 Å². The minimum atomic E-state index is -2.26. The van der Waals surface area contributed by atoms with Crippen LogP contribution in [0.3, 0.4) is 0 Å². The number of ether oxygens (including phenoxy) is 2. The van der Waals surface area contributed by atoms with Crippen molar-refractivity contribution in [1.29, 1.82) is 0 Å². The summed E-state index contributed by atoms with van der Waals surface area (Å²) in [5.74, 6) is 0.110. The number of aliphatic hydroxyl groups is 2. The molecular formula is C17H21B2NO5. The number of methoxy groups -OCH3 is 2. The Balaban J connectivity index is 2.19. The molecule has 1 heterocycles. The zero-order valence-electron chi connectivity index (χ0n) is 14.7. The highest BCUT2D eigenvalue weighted by Gasteiger charge is 2.65. The first-order valence-corrected chi connectivity index (χ1v) is 8.10. The van der Waals surface area contributed by atoms with E-state index < -0.39 is 28.2 Å². The van der Waals surface area contributed by atoms with Crippen molar-refractivity contribution in [3.8, 4) is 11.5 Å². The summed E-state index contributed by atoms with van der Waals surface area (Å²) in [5.41, 5.74) is -4.49. The number of carbonyl (C=O) groups excluding carboxylic acids is 1. The molecule has 6 nitrogen and oxygen atoms in total. The molecule has 2 N–H and O–H groups in total. The molecule has 25 heavy (non-hydrogen) atoms. The van der Waals surface area contributed by atoms with E-state index in [1.165, 1.54) is 7.11 Å². The zero-order chi connectivity index (χ0) is 18.6. The molecule has 1 saturated carbocycles. The van der Waals surface area contributed by atoms with Crippen LogP contribution in [0.25, 0.3) is 0 Å². The number of fused-ring (bicyclic) bond motifs is 1. The first kappa shape index (κ1) is 18.3. The third-order valence-electron chi connectivity index (χ3n) is 5.59. The lowest BCUT2D eigenvalue weighted by Crippen LogP contribution is -2.72. The fourth-order valence-corrected chi connectivity index (χ4v) is 4.59. The molecule has 1 aromatic carbocycles. The van der Waals surface area contributed by atoms with Gasteiger partial charge in [-0.2, -0.15) is 0 Å². The van der Waals surface area contributed by atoms with Gasteiger partial charge in [-0.1, -0.05) is 6.07 Å². The summed E-state index contributed by atoms with van der Waals surface area (Å²) in [6.07, 6.45) is 0.540. The van der Waals surface area contributed by atoms with Crippen LogP contribution >= 0.6 is 0 Å². The van der Waals surface area contributed by atoms with E-state index in [-0.39, 0.29) is 6.42 Å². The van der Waals surface area contributed by atoms with Crippen molar-refractivity contribution in [2.24, 2.45) is 0 Å².